The predicted molar refractivity (Wildman–Crippen MR) is 89.4 cm³/mol. The highest BCUT2D eigenvalue weighted by Gasteiger charge is 2.27. The minimum absolute atomic E-state index is 0.0407. The van der Waals surface area contributed by atoms with Crippen LogP contribution < -0.4 is 4.90 Å². The van der Waals surface area contributed by atoms with Crippen LogP contribution in [0.3, 0.4) is 0 Å². The minimum Gasteiger partial charge on any atom is -0.466 e. The lowest BCUT2D eigenvalue weighted by Gasteiger charge is -2.31. The van der Waals surface area contributed by atoms with Crippen LogP contribution in [0.5, 0.6) is 0 Å². The van der Waals surface area contributed by atoms with Gasteiger partial charge in [-0.1, -0.05) is 12.8 Å². The molecule has 0 radical (unpaired) electrons. The number of nitrogens with zero attached hydrogens (tertiary/aromatic N) is 3. The molecule has 1 saturated heterocycles. The van der Waals surface area contributed by atoms with Crippen molar-refractivity contribution in [1.29, 1.82) is 0 Å². The molecule has 5 nitrogen and oxygen atoms in total. The molecule has 0 atom stereocenters. The van der Waals surface area contributed by atoms with Gasteiger partial charge >= 0.3 is 5.97 Å². The number of carbonyl (C=O) groups excluding carboxylic acids is 1. The number of aryl methyl sites for hydroxylation is 2. The first-order chi connectivity index (χ1) is 11.2. The second-order valence-electron chi connectivity index (χ2n) is 6.76. The van der Waals surface area contributed by atoms with Crippen LogP contribution in [-0.2, 0) is 16.0 Å². The van der Waals surface area contributed by atoms with E-state index in [0.29, 0.717) is 6.61 Å². The lowest BCUT2D eigenvalue weighted by atomic mass is 9.97. The molecular weight excluding hydrogens is 290 g/mol. The number of piperidine rings is 1. The normalized spacial score (nSPS) is 19.0. The first kappa shape index (κ1) is 16.2. The first-order valence-corrected chi connectivity index (χ1v) is 8.91. The van der Waals surface area contributed by atoms with Gasteiger partial charge in [-0.25, -0.2) is 4.98 Å². The van der Waals surface area contributed by atoms with Gasteiger partial charge in [-0.05, 0) is 45.4 Å². The van der Waals surface area contributed by atoms with E-state index in [0.717, 1.165) is 55.5 Å². The number of rotatable bonds is 6. The summed E-state index contributed by atoms with van der Waals surface area (Å²) in [7, 11) is 0. The Morgan fingerprint density at radius 2 is 2.04 bits per heavy atom. The summed E-state index contributed by atoms with van der Waals surface area (Å²) in [6, 6.07) is 0. The third-order valence-corrected chi connectivity index (χ3v) is 4.97. The largest absolute Gasteiger partial charge is 0.466 e. The number of anilines is 1. The smallest absolute Gasteiger partial charge is 0.309 e. The van der Waals surface area contributed by atoms with E-state index in [1.165, 1.54) is 19.3 Å². The van der Waals surface area contributed by atoms with Crippen LogP contribution >= 0.6 is 0 Å². The van der Waals surface area contributed by atoms with Gasteiger partial charge in [0.25, 0.3) is 0 Å². The zero-order chi connectivity index (χ0) is 16.2. The van der Waals surface area contributed by atoms with Crippen molar-refractivity contribution in [1.82, 2.24) is 9.97 Å². The van der Waals surface area contributed by atoms with Crippen LogP contribution in [0.25, 0.3) is 0 Å². The van der Waals surface area contributed by atoms with E-state index in [1.54, 1.807) is 0 Å². The minimum atomic E-state index is -0.0488. The van der Waals surface area contributed by atoms with E-state index >= 15 is 0 Å². The fourth-order valence-corrected chi connectivity index (χ4v) is 3.22. The second-order valence-corrected chi connectivity index (χ2v) is 6.76. The average Bonchev–Trinajstić information content (AvgIpc) is 3.39. The molecule has 5 heteroatoms. The third-order valence-electron chi connectivity index (χ3n) is 4.97. The summed E-state index contributed by atoms with van der Waals surface area (Å²) in [6.07, 6.45) is 8.60. The molecule has 2 heterocycles. The zero-order valence-corrected chi connectivity index (χ0v) is 14.3. The van der Waals surface area contributed by atoms with E-state index in [4.69, 9.17) is 9.72 Å². The molecule has 0 N–H and O–H groups in total. The van der Waals surface area contributed by atoms with Gasteiger partial charge in [-0.3, -0.25) is 9.78 Å². The molecular formula is C18H27N3O2. The Morgan fingerprint density at radius 1 is 1.30 bits per heavy atom. The van der Waals surface area contributed by atoms with Gasteiger partial charge in [0.2, 0.25) is 0 Å². The van der Waals surface area contributed by atoms with Crippen molar-refractivity contribution >= 4 is 11.8 Å². The summed E-state index contributed by atoms with van der Waals surface area (Å²) in [6.45, 7) is 6.07. The lowest BCUT2D eigenvalue weighted by molar-refractivity contribution is -0.148. The second kappa shape index (κ2) is 7.28. The maximum Gasteiger partial charge on any atom is 0.309 e. The summed E-state index contributed by atoms with van der Waals surface area (Å²) >= 11 is 0. The molecule has 1 aromatic rings. The zero-order valence-electron chi connectivity index (χ0n) is 14.3. The van der Waals surface area contributed by atoms with Crippen molar-refractivity contribution in [2.45, 2.75) is 52.4 Å². The van der Waals surface area contributed by atoms with Crippen LogP contribution in [0.1, 0.15) is 50.4 Å². The number of hydrogen-bond acceptors (Lipinski definition) is 5. The quantitative estimate of drug-likeness (QED) is 0.755. The molecule has 2 fully saturated rings. The topological polar surface area (TPSA) is 55.3 Å². The molecule has 0 amide bonds. The molecule has 126 valence electrons. The Balaban J connectivity index is 1.59. The van der Waals surface area contributed by atoms with Crippen LogP contribution in [-0.4, -0.2) is 35.6 Å². The summed E-state index contributed by atoms with van der Waals surface area (Å²) in [5.74, 6) is 1.87. The van der Waals surface area contributed by atoms with Crippen LogP contribution in [0.2, 0.25) is 0 Å². The molecule has 3 rings (SSSR count). The summed E-state index contributed by atoms with van der Waals surface area (Å²) < 4.78 is 5.13. The van der Waals surface area contributed by atoms with E-state index in [-0.39, 0.29) is 11.9 Å². The molecule has 0 spiro atoms. The Hall–Kier alpha value is -1.65. The van der Waals surface area contributed by atoms with E-state index in [9.17, 15) is 4.79 Å². The SMILES string of the molecule is CCOC(=O)C1CCN(c2cnc(C)c(CCC3CC3)n2)CC1. The van der Waals surface area contributed by atoms with Crippen molar-refractivity contribution in [3.05, 3.63) is 17.6 Å². The number of aromatic nitrogens is 2. The fraction of sp³-hybridized carbons (Fsp3) is 0.722. The number of ether oxygens (including phenoxy) is 1. The number of carbonyl (C=O) groups is 1. The van der Waals surface area contributed by atoms with Gasteiger partial charge in [-0.2, -0.15) is 0 Å². The van der Waals surface area contributed by atoms with Gasteiger partial charge in [0, 0.05) is 13.1 Å². The Labute approximate surface area is 138 Å². The van der Waals surface area contributed by atoms with Crippen molar-refractivity contribution in [3.8, 4) is 0 Å². The van der Waals surface area contributed by atoms with Gasteiger partial charge in [0.1, 0.15) is 5.82 Å². The standard InChI is InChI=1S/C18H27N3O2/c1-3-23-18(22)15-8-10-21(11-9-15)17-12-19-13(2)16(20-17)7-6-14-4-5-14/h12,14-15H,3-11H2,1-2H3. The van der Waals surface area contributed by atoms with Gasteiger partial charge in [0.05, 0.1) is 30.1 Å². The Kier molecular flexibility index (Phi) is 5.13. The van der Waals surface area contributed by atoms with Crippen molar-refractivity contribution in [2.24, 2.45) is 11.8 Å². The summed E-state index contributed by atoms with van der Waals surface area (Å²) in [5.41, 5.74) is 2.19. The molecule has 0 bridgehead atoms. The predicted octanol–water partition coefficient (Wildman–Crippen LogP) is 2.91. The van der Waals surface area contributed by atoms with E-state index in [1.807, 2.05) is 20.0 Å². The van der Waals surface area contributed by atoms with E-state index in [2.05, 4.69) is 9.88 Å². The molecule has 2 aliphatic rings. The molecule has 1 aliphatic carbocycles. The first-order valence-electron chi connectivity index (χ1n) is 8.91. The maximum atomic E-state index is 11.8. The van der Waals surface area contributed by atoms with Crippen LogP contribution in [0, 0.1) is 18.8 Å². The Morgan fingerprint density at radius 3 is 2.70 bits per heavy atom. The average molecular weight is 317 g/mol. The monoisotopic (exact) mass is 317 g/mol. The molecule has 1 aliphatic heterocycles. The van der Waals surface area contributed by atoms with Crippen molar-refractivity contribution in [3.63, 3.8) is 0 Å². The van der Waals surface area contributed by atoms with Gasteiger partial charge < -0.3 is 9.64 Å². The number of hydrogen-bond donors (Lipinski definition) is 0. The van der Waals surface area contributed by atoms with Gasteiger partial charge in [-0.15, -0.1) is 0 Å². The molecule has 0 unspecified atom stereocenters. The lowest BCUT2D eigenvalue weighted by Crippen LogP contribution is -2.37. The van der Waals surface area contributed by atoms with Crippen molar-refractivity contribution in [2.75, 3.05) is 24.6 Å². The van der Waals surface area contributed by atoms with Crippen LogP contribution in [0.4, 0.5) is 5.82 Å². The fourth-order valence-electron chi connectivity index (χ4n) is 3.22. The molecule has 0 aromatic carbocycles. The highest BCUT2D eigenvalue weighted by Crippen LogP contribution is 2.33. The molecule has 1 aromatic heterocycles. The number of esters is 1. The highest BCUT2D eigenvalue weighted by molar-refractivity contribution is 5.72. The van der Waals surface area contributed by atoms with Crippen molar-refractivity contribution < 1.29 is 9.53 Å². The maximum absolute atomic E-state index is 11.8. The summed E-state index contributed by atoms with van der Waals surface area (Å²) in [5, 5.41) is 0. The molecule has 1 saturated carbocycles. The highest BCUT2D eigenvalue weighted by atomic mass is 16.5. The molecule has 23 heavy (non-hydrogen) atoms. The van der Waals surface area contributed by atoms with E-state index < -0.39 is 0 Å². The van der Waals surface area contributed by atoms with Crippen LogP contribution in [0.15, 0.2) is 6.20 Å². The summed E-state index contributed by atoms with van der Waals surface area (Å²) in [4.78, 5) is 23.5. The van der Waals surface area contributed by atoms with Gasteiger partial charge in [0.15, 0.2) is 0 Å². The third kappa shape index (κ3) is 4.21. The Bertz CT molecular complexity index is 549.